The molecule has 0 spiro atoms. The molecule has 3 fully saturated rings. The van der Waals surface area contributed by atoms with Gasteiger partial charge in [0, 0.05) is 32.0 Å². The van der Waals surface area contributed by atoms with E-state index < -0.39 is 0 Å². The SMILES string of the molecule is Cn1ncc(C(=O)N2CC[C@H](c3nc(C4CC4)no3)C2)c1C1CC1. The molecule has 0 bridgehead atoms. The average molecular weight is 327 g/mol. The summed E-state index contributed by atoms with van der Waals surface area (Å²) in [5.74, 6) is 2.80. The van der Waals surface area contributed by atoms with E-state index in [1.807, 2.05) is 16.6 Å². The Morgan fingerprint density at radius 1 is 1.17 bits per heavy atom. The Balaban J connectivity index is 1.32. The number of rotatable bonds is 4. The van der Waals surface area contributed by atoms with Gasteiger partial charge in [0.15, 0.2) is 5.82 Å². The molecule has 126 valence electrons. The zero-order valence-corrected chi connectivity index (χ0v) is 13.8. The van der Waals surface area contributed by atoms with Crippen LogP contribution in [0.4, 0.5) is 0 Å². The van der Waals surface area contributed by atoms with Crippen molar-refractivity contribution in [2.45, 2.75) is 49.9 Å². The summed E-state index contributed by atoms with van der Waals surface area (Å²) < 4.78 is 7.30. The fourth-order valence-electron chi connectivity index (χ4n) is 3.69. The lowest BCUT2D eigenvalue weighted by molar-refractivity contribution is 0.0788. The zero-order valence-electron chi connectivity index (χ0n) is 13.8. The lowest BCUT2D eigenvalue weighted by Gasteiger charge is -2.16. The number of aryl methyl sites for hydroxylation is 1. The van der Waals surface area contributed by atoms with Crippen molar-refractivity contribution in [3.63, 3.8) is 0 Å². The standard InChI is InChI=1S/C17H21N5O2/c1-21-14(10-2-3-10)13(8-18-21)17(23)22-7-6-12(9-22)16-19-15(20-24-16)11-4-5-11/h8,10-12H,2-7,9H2,1H3/t12-/m0/s1. The molecule has 0 N–H and O–H groups in total. The van der Waals surface area contributed by atoms with Gasteiger partial charge in [-0.15, -0.1) is 0 Å². The second-order valence-corrected chi connectivity index (χ2v) is 7.34. The number of likely N-dealkylation sites (tertiary alicyclic amines) is 1. The third-order valence-corrected chi connectivity index (χ3v) is 5.40. The molecule has 3 heterocycles. The number of carbonyl (C=O) groups excluding carboxylic acids is 1. The first-order valence-corrected chi connectivity index (χ1v) is 8.85. The molecule has 2 aliphatic carbocycles. The molecule has 3 aliphatic rings. The normalized spacial score (nSPS) is 23.9. The van der Waals surface area contributed by atoms with Crippen LogP contribution in [-0.4, -0.2) is 43.8 Å². The molecule has 7 nitrogen and oxygen atoms in total. The fourth-order valence-corrected chi connectivity index (χ4v) is 3.69. The molecule has 2 aromatic heterocycles. The molecule has 1 aliphatic heterocycles. The van der Waals surface area contributed by atoms with E-state index in [0.717, 1.165) is 42.9 Å². The largest absolute Gasteiger partial charge is 0.339 e. The molecular weight excluding hydrogens is 306 g/mol. The minimum absolute atomic E-state index is 0.0921. The summed E-state index contributed by atoms with van der Waals surface area (Å²) in [4.78, 5) is 19.4. The molecule has 0 radical (unpaired) electrons. The Kier molecular flexibility index (Phi) is 3.05. The van der Waals surface area contributed by atoms with E-state index in [1.54, 1.807) is 6.20 Å². The maximum absolute atomic E-state index is 12.9. The molecule has 0 unspecified atom stereocenters. The Hall–Kier alpha value is -2.18. The highest BCUT2D eigenvalue weighted by Crippen LogP contribution is 2.42. The quantitative estimate of drug-likeness (QED) is 0.860. The van der Waals surface area contributed by atoms with Gasteiger partial charge in [0.05, 0.1) is 23.4 Å². The third kappa shape index (κ3) is 2.34. The Morgan fingerprint density at radius 2 is 1.96 bits per heavy atom. The molecule has 5 rings (SSSR count). The topological polar surface area (TPSA) is 77.1 Å². The minimum atomic E-state index is 0.0921. The van der Waals surface area contributed by atoms with E-state index in [9.17, 15) is 4.79 Å². The molecule has 1 saturated heterocycles. The smallest absolute Gasteiger partial charge is 0.257 e. The van der Waals surface area contributed by atoms with Crippen molar-refractivity contribution in [2.75, 3.05) is 13.1 Å². The van der Waals surface area contributed by atoms with E-state index in [0.29, 0.717) is 24.3 Å². The number of hydrogen-bond acceptors (Lipinski definition) is 5. The Morgan fingerprint density at radius 3 is 2.71 bits per heavy atom. The molecular formula is C17H21N5O2. The lowest BCUT2D eigenvalue weighted by atomic mass is 10.1. The van der Waals surface area contributed by atoms with Crippen LogP contribution in [0.15, 0.2) is 10.7 Å². The van der Waals surface area contributed by atoms with Crippen LogP contribution in [0, 0.1) is 0 Å². The van der Waals surface area contributed by atoms with Crippen molar-refractivity contribution >= 4 is 5.91 Å². The van der Waals surface area contributed by atoms with Crippen molar-refractivity contribution in [1.29, 1.82) is 0 Å². The van der Waals surface area contributed by atoms with Crippen LogP contribution in [-0.2, 0) is 7.05 Å². The van der Waals surface area contributed by atoms with Gasteiger partial charge >= 0.3 is 0 Å². The van der Waals surface area contributed by atoms with E-state index in [1.165, 1.54) is 12.8 Å². The predicted octanol–water partition coefficient (Wildman–Crippen LogP) is 2.19. The Labute approximate surface area is 140 Å². The first-order chi connectivity index (χ1) is 11.7. The summed E-state index contributed by atoms with van der Waals surface area (Å²) in [6.07, 6.45) is 7.26. The number of amides is 1. The summed E-state index contributed by atoms with van der Waals surface area (Å²) >= 11 is 0. The van der Waals surface area contributed by atoms with Crippen LogP contribution in [0.25, 0.3) is 0 Å². The second-order valence-electron chi connectivity index (χ2n) is 7.34. The number of nitrogens with zero attached hydrogens (tertiary/aromatic N) is 5. The Bertz CT molecular complexity index is 787. The van der Waals surface area contributed by atoms with Crippen LogP contribution < -0.4 is 0 Å². The van der Waals surface area contributed by atoms with E-state index in [4.69, 9.17) is 4.52 Å². The zero-order chi connectivity index (χ0) is 16.3. The van der Waals surface area contributed by atoms with Crippen molar-refractivity contribution in [3.05, 3.63) is 29.2 Å². The van der Waals surface area contributed by atoms with Gasteiger partial charge in [0.1, 0.15) is 0 Å². The van der Waals surface area contributed by atoms with Gasteiger partial charge in [-0.2, -0.15) is 10.1 Å². The third-order valence-electron chi connectivity index (χ3n) is 5.40. The lowest BCUT2D eigenvalue weighted by Crippen LogP contribution is -2.29. The molecule has 0 aromatic carbocycles. The van der Waals surface area contributed by atoms with Gasteiger partial charge in [0.25, 0.3) is 5.91 Å². The van der Waals surface area contributed by atoms with Crippen LogP contribution in [0.2, 0.25) is 0 Å². The van der Waals surface area contributed by atoms with Gasteiger partial charge in [0.2, 0.25) is 5.89 Å². The van der Waals surface area contributed by atoms with Gasteiger partial charge in [-0.3, -0.25) is 9.48 Å². The molecule has 1 atom stereocenters. The molecule has 2 saturated carbocycles. The van der Waals surface area contributed by atoms with Crippen molar-refractivity contribution in [2.24, 2.45) is 7.05 Å². The summed E-state index contributed by atoms with van der Waals surface area (Å²) in [7, 11) is 1.93. The van der Waals surface area contributed by atoms with Crippen molar-refractivity contribution in [1.82, 2.24) is 24.8 Å². The first-order valence-electron chi connectivity index (χ1n) is 8.85. The average Bonchev–Trinajstić information content (AvgIpc) is 3.47. The number of aromatic nitrogens is 4. The highest BCUT2D eigenvalue weighted by Gasteiger charge is 2.37. The van der Waals surface area contributed by atoms with E-state index in [-0.39, 0.29) is 11.8 Å². The van der Waals surface area contributed by atoms with Crippen LogP contribution in [0.1, 0.15) is 77.6 Å². The molecule has 1 amide bonds. The van der Waals surface area contributed by atoms with E-state index in [2.05, 4.69) is 15.2 Å². The summed E-state index contributed by atoms with van der Waals surface area (Å²) in [6.45, 7) is 1.40. The molecule has 24 heavy (non-hydrogen) atoms. The second kappa shape index (κ2) is 5.16. The van der Waals surface area contributed by atoms with Crippen molar-refractivity contribution < 1.29 is 9.32 Å². The molecule has 2 aromatic rings. The van der Waals surface area contributed by atoms with Gasteiger partial charge in [-0.1, -0.05) is 5.16 Å². The van der Waals surface area contributed by atoms with Gasteiger partial charge in [-0.05, 0) is 32.1 Å². The highest BCUT2D eigenvalue weighted by molar-refractivity contribution is 5.95. The summed E-state index contributed by atoms with van der Waals surface area (Å²) in [5.41, 5.74) is 1.86. The maximum Gasteiger partial charge on any atom is 0.257 e. The van der Waals surface area contributed by atoms with Crippen LogP contribution in [0.3, 0.4) is 0 Å². The fraction of sp³-hybridized carbons (Fsp3) is 0.647. The predicted molar refractivity (Wildman–Crippen MR) is 84.7 cm³/mol. The highest BCUT2D eigenvalue weighted by atomic mass is 16.5. The monoisotopic (exact) mass is 327 g/mol. The number of carbonyl (C=O) groups is 1. The van der Waals surface area contributed by atoms with Gasteiger partial charge < -0.3 is 9.42 Å². The van der Waals surface area contributed by atoms with Crippen molar-refractivity contribution in [3.8, 4) is 0 Å². The van der Waals surface area contributed by atoms with E-state index >= 15 is 0 Å². The molecule has 7 heteroatoms. The van der Waals surface area contributed by atoms with Crippen LogP contribution in [0.5, 0.6) is 0 Å². The van der Waals surface area contributed by atoms with Gasteiger partial charge in [-0.25, -0.2) is 0 Å². The maximum atomic E-state index is 12.9. The first kappa shape index (κ1) is 14.2. The van der Waals surface area contributed by atoms with Crippen LogP contribution >= 0.6 is 0 Å². The number of hydrogen-bond donors (Lipinski definition) is 0. The summed E-state index contributed by atoms with van der Waals surface area (Å²) in [5, 5.41) is 8.40. The minimum Gasteiger partial charge on any atom is -0.339 e. The summed E-state index contributed by atoms with van der Waals surface area (Å²) in [6, 6.07) is 0.